The normalized spacial score (nSPS) is 11.6. The molecule has 0 saturated carbocycles. The molecule has 0 radical (unpaired) electrons. The molecule has 3 rings (SSSR count). The van der Waals surface area contributed by atoms with Gasteiger partial charge in [0.2, 0.25) is 15.0 Å². The van der Waals surface area contributed by atoms with Gasteiger partial charge in [0, 0.05) is 12.5 Å². The van der Waals surface area contributed by atoms with Crippen LogP contribution in [0.3, 0.4) is 0 Å². The van der Waals surface area contributed by atoms with Crippen LogP contribution in [-0.2, 0) is 9.84 Å². The van der Waals surface area contributed by atoms with Crippen molar-refractivity contribution >= 4 is 9.84 Å². The van der Waals surface area contributed by atoms with Gasteiger partial charge in [0.15, 0.2) is 0 Å². The number of rotatable bonds is 3. The Hall–Kier alpha value is -2.81. The summed E-state index contributed by atoms with van der Waals surface area (Å²) in [4.78, 5) is 19.7. The summed E-state index contributed by atoms with van der Waals surface area (Å²) < 4.78 is 36.2. The molecular formula is C14H11FN4O3S. The highest BCUT2D eigenvalue weighted by molar-refractivity contribution is 7.90. The quantitative estimate of drug-likeness (QED) is 0.703. The van der Waals surface area contributed by atoms with E-state index in [2.05, 4.69) is 20.2 Å². The molecule has 3 aromatic rings. The van der Waals surface area contributed by atoms with Crippen molar-refractivity contribution in [2.24, 2.45) is 0 Å². The smallest absolute Gasteiger partial charge is 0.272 e. The Labute approximate surface area is 130 Å². The summed E-state index contributed by atoms with van der Waals surface area (Å²) in [6.45, 7) is 0. The van der Waals surface area contributed by atoms with Gasteiger partial charge in [-0.05, 0) is 23.8 Å². The fourth-order valence-corrected chi connectivity index (χ4v) is 2.62. The van der Waals surface area contributed by atoms with Crippen molar-refractivity contribution in [2.75, 3.05) is 6.26 Å². The Balaban J connectivity index is 2.20. The average Bonchev–Trinajstić information content (AvgIpc) is 2.89. The van der Waals surface area contributed by atoms with Crippen molar-refractivity contribution in [1.29, 1.82) is 0 Å². The molecule has 23 heavy (non-hydrogen) atoms. The van der Waals surface area contributed by atoms with E-state index >= 15 is 0 Å². The lowest BCUT2D eigenvalue weighted by Gasteiger charge is -2.04. The first-order valence-corrected chi connectivity index (χ1v) is 8.35. The second-order valence-electron chi connectivity index (χ2n) is 4.83. The first-order valence-electron chi connectivity index (χ1n) is 6.46. The third kappa shape index (κ3) is 2.90. The van der Waals surface area contributed by atoms with Crippen LogP contribution in [0.25, 0.3) is 22.5 Å². The monoisotopic (exact) mass is 334 g/mol. The molecule has 0 aliphatic carbocycles. The van der Waals surface area contributed by atoms with Crippen molar-refractivity contribution in [3.63, 3.8) is 0 Å². The molecule has 0 atom stereocenters. The first kappa shape index (κ1) is 15.1. The highest BCUT2D eigenvalue weighted by atomic mass is 32.2. The molecule has 0 amide bonds. The van der Waals surface area contributed by atoms with E-state index in [9.17, 15) is 17.6 Å². The van der Waals surface area contributed by atoms with Gasteiger partial charge in [-0.25, -0.2) is 22.8 Å². The lowest BCUT2D eigenvalue weighted by Crippen LogP contribution is -2.05. The van der Waals surface area contributed by atoms with E-state index in [1.54, 1.807) is 0 Å². The van der Waals surface area contributed by atoms with E-state index in [0.717, 1.165) is 6.26 Å². The zero-order chi connectivity index (χ0) is 16.6. The van der Waals surface area contributed by atoms with Crippen molar-refractivity contribution in [3.05, 3.63) is 52.7 Å². The molecule has 1 aromatic carbocycles. The van der Waals surface area contributed by atoms with Gasteiger partial charge in [0.1, 0.15) is 5.82 Å². The van der Waals surface area contributed by atoms with Gasteiger partial charge in [-0.15, -0.1) is 0 Å². The van der Waals surface area contributed by atoms with Crippen LogP contribution in [0, 0.1) is 5.82 Å². The number of halogens is 1. The van der Waals surface area contributed by atoms with E-state index in [1.807, 2.05) is 0 Å². The Morgan fingerprint density at radius 1 is 1.09 bits per heavy atom. The molecule has 2 aromatic heterocycles. The predicted octanol–water partition coefficient (Wildman–Crippen LogP) is 1.37. The van der Waals surface area contributed by atoms with E-state index in [1.165, 1.54) is 36.5 Å². The molecule has 0 spiro atoms. The van der Waals surface area contributed by atoms with Gasteiger partial charge in [-0.1, -0.05) is 12.1 Å². The molecule has 7 nitrogen and oxygen atoms in total. The maximum absolute atomic E-state index is 13.1. The summed E-state index contributed by atoms with van der Waals surface area (Å²) in [5, 5.41) is 4.74. The van der Waals surface area contributed by atoms with Crippen LogP contribution in [0.1, 0.15) is 0 Å². The van der Waals surface area contributed by atoms with Crippen LogP contribution >= 0.6 is 0 Å². The van der Waals surface area contributed by atoms with Crippen LogP contribution in [0.2, 0.25) is 0 Å². The molecule has 2 heterocycles. The molecule has 0 aliphatic heterocycles. The van der Waals surface area contributed by atoms with Crippen molar-refractivity contribution < 1.29 is 12.8 Å². The minimum absolute atomic E-state index is 0.234. The maximum atomic E-state index is 13.1. The van der Waals surface area contributed by atoms with Crippen molar-refractivity contribution in [2.45, 2.75) is 5.16 Å². The number of aromatic nitrogens is 4. The van der Waals surface area contributed by atoms with Crippen LogP contribution in [0.5, 0.6) is 0 Å². The number of nitrogens with one attached hydrogen (secondary N) is 2. The van der Waals surface area contributed by atoms with E-state index in [4.69, 9.17) is 0 Å². The summed E-state index contributed by atoms with van der Waals surface area (Å²) >= 11 is 0. The van der Waals surface area contributed by atoms with Crippen LogP contribution in [-0.4, -0.2) is 34.8 Å². The summed E-state index contributed by atoms with van der Waals surface area (Å²) in [5.41, 5.74) is 0.824. The molecule has 9 heteroatoms. The Morgan fingerprint density at radius 2 is 1.78 bits per heavy atom. The molecule has 0 fully saturated rings. The number of nitrogens with zero attached hydrogens (tertiary/aromatic N) is 2. The highest BCUT2D eigenvalue weighted by Crippen LogP contribution is 2.26. The SMILES string of the molecule is CS(=O)(=O)c1nccc(-c2[nH][nH]c(=O)c2-c2ccc(F)cc2)n1. The minimum Gasteiger partial charge on any atom is -0.295 e. The van der Waals surface area contributed by atoms with Gasteiger partial charge in [0.05, 0.1) is 17.0 Å². The Kier molecular flexibility index (Phi) is 3.57. The van der Waals surface area contributed by atoms with Crippen LogP contribution in [0.15, 0.2) is 46.5 Å². The summed E-state index contributed by atoms with van der Waals surface area (Å²) in [7, 11) is -3.58. The second-order valence-corrected chi connectivity index (χ2v) is 6.74. The third-order valence-electron chi connectivity index (χ3n) is 3.13. The summed E-state index contributed by atoms with van der Waals surface area (Å²) in [6.07, 6.45) is 2.28. The van der Waals surface area contributed by atoms with Gasteiger partial charge >= 0.3 is 0 Å². The number of hydrogen-bond acceptors (Lipinski definition) is 5. The molecule has 0 aliphatic rings. The fraction of sp³-hybridized carbons (Fsp3) is 0.0714. The van der Waals surface area contributed by atoms with E-state index in [0.29, 0.717) is 11.3 Å². The number of aromatic amines is 2. The topological polar surface area (TPSA) is 109 Å². The zero-order valence-corrected chi connectivity index (χ0v) is 12.7. The Morgan fingerprint density at radius 3 is 2.43 bits per heavy atom. The average molecular weight is 334 g/mol. The van der Waals surface area contributed by atoms with Gasteiger partial charge in [0.25, 0.3) is 5.56 Å². The number of benzene rings is 1. The largest absolute Gasteiger partial charge is 0.295 e. The van der Waals surface area contributed by atoms with Crippen LogP contribution in [0.4, 0.5) is 4.39 Å². The van der Waals surface area contributed by atoms with E-state index in [-0.39, 0.29) is 16.4 Å². The van der Waals surface area contributed by atoms with Crippen molar-refractivity contribution in [1.82, 2.24) is 20.2 Å². The molecule has 0 saturated heterocycles. The molecule has 2 N–H and O–H groups in total. The van der Waals surface area contributed by atoms with Gasteiger partial charge in [-0.2, -0.15) is 0 Å². The third-order valence-corrected chi connectivity index (χ3v) is 3.99. The minimum atomic E-state index is -3.58. The summed E-state index contributed by atoms with van der Waals surface area (Å²) in [6, 6.07) is 6.84. The maximum Gasteiger partial charge on any atom is 0.272 e. The fourth-order valence-electron chi connectivity index (χ4n) is 2.10. The molecule has 0 bridgehead atoms. The number of hydrogen-bond donors (Lipinski definition) is 2. The van der Waals surface area contributed by atoms with E-state index < -0.39 is 21.2 Å². The Bertz CT molecular complexity index is 1020. The standard InChI is InChI=1S/C14H11FN4O3S/c1-23(21,22)14-16-7-6-10(17-14)12-11(13(20)19-18-12)8-2-4-9(15)5-3-8/h2-7H,1H3,(H2,18,19,20). The highest BCUT2D eigenvalue weighted by Gasteiger charge is 2.18. The van der Waals surface area contributed by atoms with Gasteiger partial charge < -0.3 is 0 Å². The second kappa shape index (κ2) is 5.43. The lowest BCUT2D eigenvalue weighted by molar-refractivity contribution is 0.593. The molecular weight excluding hydrogens is 323 g/mol. The number of sulfone groups is 1. The van der Waals surface area contributed by atoms with Gasteiger partial charge in [-0.3, -0.25) is 15.0 Å². The van der Waals surface area contributed by atoms with Crippen LogP contribution < -0.4 is 5.56 Å². The zero-order valence-electron chi connectivity index (χ0n) is 11.9. The number of H-pyrrole nitrogens is 2. The molecule has 0 unspecified atom stereocenters. The lowest BCUT2D eigenvalue weighted by atomic mass is 10.0. The summed E-state index contributed by atoms with van der Waals surface area (Å²) in [5.74, 6) is -0.427. The first-order chi connectivity index (χ1) is 10.9. The predicted molar refractivity (Wildman–Crippen MR) is 80.9 cm³/mol. The van der Waals surface area contributed by atoms with Crippen molar-refractivity contribution in [3.8, 4) is 22.5 Å². The molecule has 118 valence electrons.